The Bertz CT molecular complexity index is 578. The lowest BCUT2D eigenvalue weighted by Gasteiger charge is -2.18. The molecule has 2 rings (SSSR count). The van der Waals surface area contributed by atoms with Gasteiger partial charge in [0.1, 0.15) is 5.82 Å². The maximum Gasteiger partial charge on any atom is 0.248 e. The molecule has 1 aromatic carbocycles. The van der Waals surface area contributed by atoms with Crippen LogP contribution in [0.1, 0.15) is 26.7 Å². The van der Waals surface area contributed by atoms with Crippen molar-refractivity contribution in [1.82, 2.24) is 15.5 Å². The van der Waals surface area contributed by atoms with E-state index in [1.54, 1.807) is 6.07 Å². The first-order valence-corrected chi connectivity index (χ1v) is 6.96. The Kier molecular flexibility index (Phi) is 4.19. The zero-order valence-corrected chi connectivity index (χ0v) is 13.2. The fraction of sp³-hybridized carbons (Fsp3) is 0.385. The zero-order valence-electron chi connectivity index (χ0n) is 11.0. The number of nitrogens with zero attached hydrogens (tertiary/aromatic N) is 2. The van der Waals surface area contributed by atoms with Crippen LogP contribution in [0.2, 0.25) is 0 Å². The summed E-state index contributed by atoms with van der Waals surface area (Å²) in [5.41, 5.74) is 0.732. The first-order chi connectivity index (χ1) is 8.85. The maximum atomic E-state index is 13.0. The average Bonchev–Trinajstić information content (AvgIpc) is 2.74. The molecule has 0 saturated heterocycles. The van der Waals surface area contributed by atoms with Crippen molar-refractivity contribution in [2.45, 2.75) is 32.9 Å². The summed E-state index contributed by atoms with van der Waals surface area (Å²) in [6.45, 7) is 6.70. The van der Waals surface area contributed by atoms with Gasteiger partial charge in [0.15, 0.2) is 0 Å². The Morgan fingerprint density at radius 1 is 1.32 bits per heavy atom. The van der Waals surface area contributed by atoms with Gasteiger partial charge in [0, 0.05) is 9.11 Å². The van der Waals surface area contributed by atoms with Crippen LogP contribution in [0, 0.1) is 9.39 Å². The molecule has 0 radical (unpaired) electrons. The van der Waals surface area contributed by atoms with Crippen molar-refractivity contribution < 1.29 is 8.81 Å². The molecule has 1 aromatic heterocycles. The summed E-state index contributed by atoms with van der Waals surface area (Å²) in [5.74, 6) is 0.655. The highest BCUT2D eigenvalue weighted by atomic mass is 127. The van der Waals surface area contributed by atoms with Crippen LogP contribution in [0.15, 0.2) is 22.6 Å². The van der Waals surface area contributed by atoms with Gasteiger partial charge in [-0.15, -0.1) is 10.2 Å². The molecule has 2 aromatic rings. The van der Waals surface area contributed by atoms with Crippen LogP contribution in [0.25, 0.3) is 11.5 Å². The quantitative estimate of drug-likeness (QED) is 0.836. The Morgan fingerprint density at radius 2 is 2.05 bits per heavy atom. The van der Waals surface area contributed by atoms with Crippen LogP contribution in [0.4, 0.5) is 4.39 Å². The number of benzene rings is 1. The van der Waals surface area contributed by atoms with E-state index in [4.69, 9.17) is 4.42 Å². The SMILES string of the molecule is CC(C)(C)NCc1nnc(-c2ccc(F)cc2I)o1. The standard InChI is InChI=1S/C13H15FIN3O/c1-13(2,3)16-7-11-17-18-12(19-11)9-5-4-8(14)6-10(9)15/h4-6,16H,7H2,1-3H3. The molecule has 6 heteroatoms. The van der Waals surface area contributed by atoms with Gasteiger partial charge in [0.25, 0.3) is 0 Å². The van der Waals surface area contributed by atoms with Gasteiger partial charge >= 0.3 is 0 Å². The van der Waals surface area contributed by atoms with E-state index in [2.05, 4.69) is 36.3 Å². The molecule has 0 fully saturated rings. The second-order valence-corrected chi connectivity index (χ2v) is 6.39. The van der Waals surface area contributed by atoms with Gasteiger partial charge in [0.2, 0.25) is 11.8 Å². The molecular weight excluding hydrogens is 360 g/mol. The molecule has 0 amide bonds. The Morgan fingerprint density at radius 3 is 2.68 bits per heavy atom. The highest BCUT2D eigenvalue weighted by molar-refractivity contribution is 14.1. The van der Waals surface area contributed by atoms with Crippen LogP contribution in [0.5, 0.6) is 0 Å². The van der Waals surface area contributed by atoms with Crippen LogP contribution >= 0.6 is 22.6 Å². The van der Waals surface area contributed by atoms with Crippen LogP contribution < -0.4 is 5.32 Å². The number of halogens is 2. The largest absolute Gasteiger partial charge is 0.419 e. The van der Waals surface area contributed by atoms with Crippen molar-refractivity contribution in [1.29, 1.82) is 0 Å². The van der Waals surface area contributed by atoms with Crippen molar-refractivity contribution in [3.05, 3.63) is 33.5 Å². The predicted molar refractivity (Wildman–Crippen MR) is 79.0 cm³/mol. The summed E-state index contributed by atoms with van der Waals surface area (Å²) < 4.78 is 19.4. The third-order valence-electron chi connectivity index (χ3n) is 2.40. The smallest absolute Gasteiger partial charge is 0.248 e. The van der Waals surface area contributed by atoms with Gasteiger partial charge < -0.3 is 9.73 Å². The Balaban J connectivity index is 2.16. The van der Waals surface area contributed by atoms with Gasteiger partial charge in [-0.3, -0.25) is 0 Å². The van der Waals surface area contributed by atoms with Crippen LogP contribution in [0.3, 0.4) is 0 Å². The second kappa shape index (κ2) is 5.54. The first-order valence-electron chi connectivity index (χ1n) is 5.88. The molecule has 19 heavy (non-hydrogen) atoms. The highest BCUT2D eigenvalue weighted by Crippen LogP contribution is 2.24. The maximum absolute atomic E-state index is 13.0. The minimum atomic E-state index is -0.276. The van der Waals surface area contributed by atoms with E-state index < -0.39 is 0 Å². The second-order valence-electron chi connectivity index (χ2n) is 5.23. The average molecular weight is 375 g/mol. The normalized spacial score (nSPS) is 11.8. The van der Waals surface area contributed by atoms with Gasteiger partial charge in [0.05, 0.1) is 12.1 Å². The molecule has 0 aliphatic carbocycles. The zero-order chi connectivity index (χ0) is 14.0. The molecule has 0 atom stereocenters. The van der Waals surface area contributed by atoms with Crippen molar-refractivity contribution in [3.63, 3.8) is 0 Å². The fourth-order valence-corrected chi connectivity index (χ4v) is 2.15. The number of nitrogens with one attached hydrogen (secondary N) is 1. The van der Waals surface area contributed by atoms with Gasteiger partial charge in [-0.25, -0.2) is 4.39 Å². The summed E-state index contributed by atoms with van der Waals surface area (Å²) in [4.78, 5) is 0. The molecule has 0 bridgehead atoms. The summed E-state index contributed by atoms with van der Waals surface area (Å²) >= 11 is 2.05. The number of hydrogen-bond acceptors (Lipinski definition) is 4. The van der Waals surface area contributed by atoms with Crippen LogP contribution in [-0.2, 0) is 6.54 Å². The van der Waals surface area contributed by atoms with E-state index in [1.807, 2.05) is 22.6 Å². The van der Waals surface area contributed by atoms with E-state index in [1.165, 1.54) is 12.1 Å². The van der Waals surface area contributed by atoms with E-state index >= 15 is 0 Å². The summed E-state index contributed by atoms with van der Waals surface area (Å²) in [6, 6.07) is 4.47. The number of rotatable bonds is 3. The summed E-state index contributed by atoms with van der Waals surface area (Å²) in [5, 5.41) is 11.2. The number of hydrogen-bond donors (Lipinski definition) is 1. The van der Waals surface area contributed by atoms with Gasteiger partial charge in [-0.1, -0.05) is 0 Å². The minimum absolute atomic E-state index is 0.0149. The molecule has 0 spiro atoms. The topological polar surface area (TPSA) is 51.0 Å². The highest BCUT2D eigenvalue weighted by Gasteiger charge is 2.14. The van der Waals surface area contributed by atoms with Crippen molar-refractivity contribution in [2.75, 3.05) is 0 Å². The predicted octanol–water partition coefficient (Wildman–Crippen LogP) is 3.37. The lowest BCUT2D eigenvalue weighted by atomic mass is 10.1. The molecule has 0 aliphatic rings. The van der Waals surface area contributed by atoms with Crippen molar-refractivity contribution in [3.8, 4) is 11.5 Å². The number of aromatic nitrogens is 2. The summed E-state index contributed by atoms with van der Waals surface area (Å²) in [6.07, 6.45) is 0. The molecule has 0 unspecified atom stereocenters. The lowest BCUT2D eigenvalue weighted by molar-refractivity contribution is 0.383. The van der Waals surface area contributed by atoms with Crippen molar-refractivity contribution in [2.24, 2.45) is 0 Å². The molecule has 1 N–H and O–H groups in total. The molecule has 0 saturated carbocycles. The molecular formula is C13H15FIN3O. The van der Waals surface area contributed by atoms with Gasteiger partial charge in [-0.05, 0) is 61.6 Å². The first kappa shape index (κ1) is 14.4. The van der Waals surface area contributed by atoms with E-state index in [0.717, 1.165) is 9.13 Å². The molecule has 0 aliphatic heterocycles. The Labute approximate surface area is 124 Å². The van der Waals surface area contributed by atoms with E-state index in [0.29, 0.717) is 18.3 Å². The Hall–Kier alpha value is -1.02. The van der Waals surface area contributed by atoms with Crippen molar-refractivity contribution >= 4 is 22.6 Å². The fourth-order valence-electron chi connectivity index (χ4n) is 1.44. The van der Waals surface area contributed by atoms with Gasteiger partial charge in [-0.2, -0.15) is 0 Å². The molecule has 1 heterocycles. The summed E-state index contributed by atoms with van der Waals surface area (Å²) in [7, 11) is 0. The van der Waals surface area contributed by atoms with E-state index in [9.17, 15) is 4.39 Å². The lowest BCUT2D eigenvalue weighted by Crippen LogP contribution is -2.35. The third-order valence-corrected chi connectivity index (χ3v) is 3.29. The monoisotopic (exact) mass is 375 g/mol. The van der Waals surface area contributed by atoms with Crippen LogP contribution in [-0.4, -0.2) is 15.7 Å². The molecule has 102 valence electrons. The molecule has 4 nitrogen and oxygen atoms in total. The minimum Gasteiger partial charge on any atom is -0.419 e. The van der Waals surface area contributed by atoms with E-state index in [-0.39, 0.29) is 11.4 Å². The third kappa shape index (κ3) is 3.97.